The zero-order valence-electron chi connectivity index (χ0n) is 19.8. The molecule has 0 spiro atoms. The maximum Gasteiger partial charge on any atom is 0.344 e. The fourth-order valence-electron chi connectivity index (χ4n) is 3.66. The molecule has 2 N–H and O–H groups in total. The van der Waals surface area contributed by atoms with Gasteiger partial charge in [-0.15, -0.1) is 0 Å². The molecule has 0 saturated carbocycles. The van der Waals surface area contributed by atoms with Gasteiger partial charge in [-0.2, -0.15) is 0 Å². The summed E-state index contributed by atoms with van der Waals surface area (Å²) in [5, 5.41) is 6.73. The van der Waals surface area contributed by atoms with Crippen LogP contribution in [-0.4, -0.2) is 11.0 Å². The van der Waals surface area contributed by atoms with Gasteiger partial charge < -0.3 is 9.73 Å². The molecule has 4 aromatic rings. The van der Waals surface area contributed by atoms with Crippen molar-refractivity contribution in [1.82, 2.24) is 5.32 Å². The number of nitrogens with one attached hydrogen (secondary N) is 2. The van der Waals surface area contributed by atoms with Crippen LogP contribution in [0.3, 0.4) is 0 Å². The molecular formula is C29H26N2O3S. The molecule has 176 valence electrons. The van der Waals surface area contributed by atoms with Crippen LogP contribution in [0, 0.1) is 6.92 Å². The Bertz CT molecular complexity index is 1480. The van der Waals surface area contributed by atoms with E-state index in [0.717, 1.165) is 16.5 Å². The zero-order valence-corrected chi connectivity index (χ0v) is 20.6. The molecule has 3 aromatic carbocycles. The maximum atomic E-state index is 12.6. The lowest BCUT2D eigenvalue weighted by molar-refractivity contribution is -0.115. The number of carbonyl (C=O) groups excluding carboxylic acids is 1. The summed E-state index contributed by atoms with van der Waals surface area (Å²) in [7, 11) is 0. The third kappa shape index (κ3) is 5.91. The van der Waals surface area contributed by atoms with E-state index in [1.165, 1.54) is 11.6 Å². The number of carbonyl (C=O) groups is 1. The highest BCUT2D eigenvalue weighted by atomic mass is 32.1. The van der Waals surface area contributed by atoms with Crippen LogP contribution < -0.4 is 16.3 Å². The fraction of sp³-hybridized carbons (Fsp3) is 0.138. The van der Waals surface area contributed by atoms with Crippen LogP contribution in [0.25, 0.3) is 28.2 Å². The van der Waals surface area contributed by atoms with Crippen molar-refractivity contribution in [1.29, 1.82) is 0 Å². The van der Waals surface area contributed by atoms with Gasteiger partial charge in [-0.3, -0.25) is 10.1 Å². The van der Waals surface area contributed by atoms with E-state index in [9.17, 15) is 9.59 Å². The molecule has 4 rings (SSSR count). The average Bonchev–Trinajstić information content (AvgIpc) is 2.84. The predicted molar refractivity (Wildman–Crippen MR) is 147 cm³/mol. The van der Waals surface area contributed by atoms with Gasteiger partial charge in [0.1, 0.15) is 5.58 Å². The minimum absolute atomic E-state index is 0.167. The van der Waals surface area contributed by atoms with Crippen molar-refractivity contribution in [3.63, 3.8) is 0 Å². The van der Waals surface area contributed by atoms with Gasteiger partial charge in [0.05, 0.1) is 5.56 Å². The molecule has 0 aliphatic heterocycles. The first-order chi connectivity index (χ1) is 16.8. The van der Waals surface area contributed by atoms with Crippen LogP contribution >= 0.6 is 12.2 Å². The zero-order chi connectivity index (χ0) is 24.9. The number of aryl methyl sites for hydroxylation is 1. The van der Waals surface area contributed by atoms with Crippen molar-refractivity contribution < 1.29 is 9.21 Å². The normalized spacial score (nSPS) is 11.2. The summed E-state index contributed by atoms with van der Waals surface area (Å²) < 4.78 is 5.47. The molecule has 1 amide bonds. The van der Waals surface area contributed by atoms with E-state index in [1.807, 2.05) is 61.5 Å². The van der Waals surface area contributed by atoms with Crippen LogP contribution in [0.15, 0.2) is 88.1 Å². The summed E-state index contributed by atoms with van der Waals surface area (Å²) in [5.74, 6) is 0.122. The Labute approximate surface area is 209 Å². The summed E-state index contributed by atoms with van der Waals surface area (Å²) >= 11 is 5.34. The lowest BCUT2D eigenvalue weighted by Gasteiger charge is -2.12. The highest BCUT2D eigenvalue weighted by Gasteiger charge is 2.11. The third-order valence-corrected chi connectivity index (χ3v) is 5.91. The number of fused-ring (bicyclic) bond motifs is 1. The molecule has 35 heavy (non-hydrogen) atoms. The number of amides is 1. The minimum Gasteiger partial charge on any atom is -0.422 e. The van der Waals surface area contributed by atoms with Crippen molar-refractivity contribution in [2.24, 2.45) is 0 Å². The predicted octanol–water partition coefficient (Wildman–Crippen LogP) is 6.42. The second kappa shape index (κ2) is 10.5. The summed E-state index contributed by atoms with van der Waals surface area (Å²) in [6.45, 7) is 6.20. The maximum absolute atomic E-state index is 12.6. The molecule has 0 aliphatic rings. The second-order valence-electron chi connectivity index (χ2n) is 8.61. The molecule has 0 radical (unpaired) electrons. The average molecular weight is 483 g/mol. The number of rotatable bonds is 5. The number of hydrogen-bond acceptors (Lipinski definition) is 4. The van der Waals surface area contributed by atoms with Crippen molar-refractivity contribution in [2.75, 3.05) is 5.32 Å². The van der Waals surface area contributed by atoms with Crippen LogP contribution in [-0.2, 0) is 4.79 Å². The van der Waals surface area contributed by atoms with E-state index in [0.29, 0.717) is 28.3 Å². The molecular weight excluding hydrogens is 456 g/mol. The molecule has 0 fully saturated rings. The topological polar surface area (TPSA) is 71.3 Å². The summed E-state index contributed by atoms with van der Waals surface area (Å²) in [5.41, 5.74) is 5.05. The molecule has 1 heterocycles. The molecule has 0 aliphatic carbocycles. The SMILES string of the molecule is Cc1ccc(-c2cc3ccccc3oc2=O)cc1NC(=S)NC(=O)/C=C/c1ccc(C(C)C)cc1. The third-order valence-electron chi connectivity index (χ3n) is 5.71. The van der Waals surface area contributed by atoms with Crippen LogP contribution in [0.5, 0.6) is 0 Å². The van der Waals surface area contributed by atoms with Crippen LogP contribution in [0.1, 0.15) is 36.5 Å². The molecule has 0 unspecified atom stereocenters. The van der Waals surface area contributed by atoms with E-state index >= 15 is 0 Å². The molecule has 1 aromatic heterocycles. The molecule has 0 saturated heterocycles. The number of thiocarbonyl (C=S) groups is 1. The second-order valence-corrected chi connectivity index (χ2v) is 9.02. The van der Waals surface area contributed by atoms with Gasteiger partial charge in [-0.25, -0.2) is 4.79 Å². The van der Waals surface area contributed by atoms with Crippen LogP contribution in [0.4, 0.5) is 5.69 Å². The standard InChI is InChI=1S/C29H26N2O3S/c1-18(2)21-13-9-20(10-14-21)11-15-27(32)31-29(35)30-25-17-22(12-8-19(25)3)24-16-23-6-4-5-7-26(23)34-28(24)33/h4-18H,1-3H3,(H2,30,31,32,35)/b15-11+. The first-order valence-corrected chi connectivity index (χ1v) is 11.7. The Morgan fingerprint density at radius 1 is 1.00 bits per heavy atom. The van der Waals surface area contributed by atoms with Gasteiger partial charge in [0, 0.05) is 17.1 Å². The van der Waals surface area contributed by atoms with E-state index < -0.39 is 5.63 Å². The van der Waals surface area contributed by atoms with Crippen molar-refractivity contribution in [3.8, 4) is 11.1 Å². The van der Waals surface area contributed by atoms with E-state index in [1.54, 1.807) is 12.1 Å². The Balaban J connectivity index is 1.46. The van der Waals surface area contributed by atoms with E-state index in [4.69, 9.17) is 16.6 Å². The largest absolute Gasteiger partial charge is 0.422 e. The first kappa shape index (κ1) is 24.1. The van der Waals surface area contributed by atoms with Crippen molar-refractivity contribution >= 4 is 46.0 Å². The lowest BCUT2D eigenvalue weighted by atomic mass is 10.0. The highest BCUT2D eigenvalue weighted by Crippen LogP contribution is 2.26. The fourth-order valence-corrected chi connectivity index (χ4v) is 3.87. The number of benzene rings is 3. The monoisotopic (exact) mass is 482 g/mol. The lowest BCUT2D eigenvalue weighted by Crippen LogP contribution is -2.33. The van der Waals surface area contributed by atoms with Gasteiger partial charge >= 0.3 is 5.63 Å². The number of para-hydroxylation sites is 1. The Morgan fingerprint density at radius 2 is 1.74 bits per heavy atom. The van der Waals surface area contributed by atoms with Gasteiger partial charge in [0.25, 0.3) is 0 Å². The summed E-state index contributed by atoms with van der Waals surface area (Å²) in [6, 6.07) is 22.8. The van der Waals surface area contributed by atoms with Gasteiger partial charge in [-0.1, -0.05) is 68.4 Å². The van der Waals surface area contributed by atoms with Crippen LogP contribution in [0.2, 0.25) is 0 Å². The van der Waals surface area contributed by atoms with Gasteiger partial charge in [0.2, 0.25) is 5.91 Å². The number of hydrogen-bond donors (Lipinski definition) is 2. The van der Waals surface area contributed by atoms with Gasteiger partial charge in [0.15, 0.2) is 5.11 Å². The number of anilines is 1. The summed E-state index contributed by atoms with van der Waals surface area (Å²) in [6.07, 6.45) is 3.19. The molecule has 0 atom stereocenters. The Morgan fingerprint density at radius 3 is 2.49 bits per heavy atom. The quantitative estimate of drug-likeness (QED) is 0.195. The van der Waals surface area contributed by atoms with Gasteiger partial charge in [-0.05, 0) is 71.6 Å². The summed E-state index contributed by atoms with van der Waals surface area (Å²) in [4.78, 5) is 24.9. The Kier molecular flexibility index (Phi) is 7.22. The minimum atomic E-state index is -0.416. The first-order valence-electron chi connectivity index (χ1n) is 11.3. The van der Waals surface area contributed by atoms with E-state index in [-0.39, 0.29) is 11.0 Å². The molecule has 5 nitrogen and oxygen atoms in total. The smallest absolute Gasteiger partial charge is 0.344 e. The van der Waals surface area contributed by atoms with Crippen molar-refractivity contribution in [2.45, 2.75) is 26.7 Å². The highest BCUT2D eigenvalue weighted by molar-refractivity contribution is 7.80. The molecule has 6 heteroatoms. The molecule has 0 bridgehead atoms. The van der Waals surface area contributed by atoms with Crippen molar-refractivity contribution in [3.05, 3.63) is 106 Å². The van der Waals surface area contributed by atoms with E-state index in [2.05, 4.69) is 36.6 Å². The Hall–Kier alpha value is -4.03.